The zero-order valence-corrected chi connectivity index (χ0v) is 22.7. The number of benzene rings is 1. The second kappa shape index (κ2) is 10.5. The first-order valence-electron chi connectivity index (χ1n) is 12.1. The number of carbonyl (C=O) groups excluding carboxylic acids is 1. The van der Waals surface area contributed by atoms with Crippen LogP contribution in [0.1, 0.15) is 58.3 Å². The van der Waals surface area contributed by atoms with E-state index in [1.54, 1.807) is 28.2 Å². The molecule has 0 aliphatic carbocycles. The van der Waals surface area contributed by atoms with Gasteiger partial charge >= 0.3 is 10.1 Å². The summed E-state index contributed by atoms with van der Waals surface area (Å²) >= 11 is 1.58. The van der Waals surface area contributed by atoms with Crippen LogP contribution >= 0.6 is 11.3 Å². The molecule has 2 aliphatic rings. The third-order valence-electron chi connectivity index (χ3n) is 6.61. The topological polar surface area (TPSA) is 113 Å². The van der Waals surface area contributed by atoms with Crippen molar-refractivity contribution in [2.24, 2.45) is 0 Å². The van der Waals surface area contributed by atoms with E-state index in [9.17, 15) is 13.2 Å². The molecular weight excluding hydrogens is 516 g/mol. The number of ether oxygens (including phenoxy) is 2. The Morgan fingerprint density at radius 1 is 1.19 bits per heavy atom. The molecule has 37 heavy (non-hydrogen) atoms. The molecule has 0 saturated carbocycles. The van der Waals surface area contributed by atoms with Gasteiger partial charge in [0.1, 0.15) is 18.0 Å². The lowest BCUT2D eigenvalue weighted by molar-refractivity contribution is -0.155. The normalized spacial score (nSPS) is 18.9. The number of rotatable bonds is 6. The standard InChI is InChI=1S/C25H30N4O6S2/c1-16-11-17(2)29(27-16)12-23(30)28-9-7-18(8-10-28)24-26-21(15-36-24)25-33-13-19-5-4-6-22(20(19)14-34-25)35-37(3,31)32/h4-6,11,15,18,25H,7-10,12-14H2,1-3H3. The van der Waals surface area contributed by atoms with Crippen molar-refractivity contribution in [3.63, 3.8) is 0 Å². The van der Waals surface area contributed by atoms with Crippen molar-refractivity contribution < 1.29 is 26.9 Å². The van der Waals surface area contributed by atoms with Crippen LogP contribution in [0, 0.1) is 13.8 Å². The third-order valence-corrected chi connectivity index (χ3v) is 8.11. The van der Waals surface area contributed by atoms with Crippen molar-refractivity contribution in [3.8, 4) is 5.75 Å². The van der Waals surface area contributed by atoms with E-state index < -0.39 is 16.4 Å². The molecule has 1 saturated heterocycles. The number of aryl methyl sites for hydroxylation is 2. The average molecular weight is 547 g/mol. The number of piperidine rings is 1. The SMILES string of the molecule is Cc1cc(C)n(CC(=O)N2CCC(c3nc(C4OCc5cccc(OS(C)(=O)=O)c5CO4)cs3)CC2)n1. The van der Waals surface area contributed by atoms with Gasteiger partial charge in [-0.05, 0) is 44.4 Å². The first-order chi connectivity index (χ1) is 17.7. The van der Waals surface area contributed by atoms with Crippen LogP contribution in [-0.4, -0.2) is 53.3 Å². The maximum absolute atomic E-state index is 12.8. The molecule has 1 aromatic carbocycles. The summed E-state index contributed by atoms with van der Waals surface area (Å²) in [5.74, 6) is 0.611. The van der Waals surface area contributed by atoms with E-state index in [0.717, 1.165) is 41.1 Å². The summed E-state index contributed by atoms with van der Waals surface area (Å²) in [4.78, 5) is 19.5. The van der Waals surface area contributed by atoms with Crippen molar-refractivity contribution in [1.82, 2.24) is 19.7 Å². The Kier molecular flexibility index (Phi) is 7.35. The first-order valence-corrected chi connectivity index (χ1v) is 14.8. The van der Waals surface area contributed by atoms with Crippen LogP contribution in [0.25, 0.3) is 0 Å². The maximum Gasteiger partial charge on any atom is 0.306 e. The van der Waals surface area contributed by atoms with E-state index >= 15 is 0 Å². The van der Waals surface area contributed by atoms with Gasteiger partial charge in [0, 0.05) is 35.6 Å². The molecule has 2 aromatic heterocycles. The van der Waals surface area contributed by atoms with E-state index in [1.165, 1.54) is 0 Å². The van der Waals surface area contributed by atoms with Gasteiger partial charge in [-0.25, -0.2) is 4.98 Å². The van der Waals surface area contributed by atoms with Crippen LogP contribution in [0.15, 0.2) is 29.6 Å². The van der Waals surface area contributed by atoms with Crippen molar-refractivity contribution in [2.45, 2.75) is 58.7 Å². The number of thiazole rings is 1. The molecule has 10 nitrogen and oxygen atoms in total. The Bertz CT molecular complexity index is 1390. The highest BCUT2D eigenvalue weighted by Gasteiger charge is 2.29. The number of hydrogen-bond acceptors (Lipinski definition) is 9. The number of hydrogen-bond donors (Lipinski definition) is 0. The Labute approximate surface area is 220 Å². The van der Waals surface area contributed by atoms with Gasteiger partial charge in [-0.15, -0.1) is 11.3 Å². The lowest BCUT2D eigenvalue weighted by Crippen LogP contribution is -2.40. The zero-order chi connectivity index (χ0) is 26.2. The van der Waals surface area contributed by atoms with Gasteiger partial charge in [0.2, 0.25) is 12.2 Å². The smallest absolute Gasteiger partial charge is 0.306 e. The predicted octanol–water partition coefficient (Wildman–Crippen LogP) is 3.45. The Morgan fingerprint density at radius 3 is 2.65 bits per heavy atom. The summed E-state index contributed by atoms with van der Waals surface area (Å²) in [6.07, 6.45) is 2.05. The predicted molar refractivity (Wildman–Crippen MR) is 137 cm³/mol. The van der Waals surface area contributed by atoms with Gasteiger partial charge in [0.25, 0.3) is 0 Å². The number of carbonyl (C=O) groups is 1. The fraction of sp³-hybridized carbons (Fsp3) is 0.480. The van der Waals surface area contributed by atoms with Crippen LogP contribution in [0.5, 0.6) is 5.75 Å². The Hall–Kier alpha value is -2.80. The summed E-state index contributed by atoms with van der Waals surface area (Å²) in [6, 6.07) is 7.19. The van der Waals surface area contributed by atoms with Crippen molar-refractivity contribution in [2.75, 3.05) is 19.3 Å². The molecule has 0 N–H and O–H groups in total. The van der Waals surface area contributed by atoms with Gasteiger partial charge in [-0.3, -0.25) is 9.48 Å². The quantitative estimate of drug-likeness (QED) is 0.432. The Morgan fingerprint density at radius 2 is 1.95 bits per heavy atom. The van der Waals surface area contributed by atoms with Gasteiger partial charge in [-0.1, -0.05) is 12.1 Å². The molecule has 12 heteroatoms. The highest BCUT2D eigenvalue weighted by atomic mass is 32.2. The highest BCUT2D eigenvalue weighted by Crippen LogP contribution is 2.36. The summed E-state index contributed by atoms with van der Waals surface area (Å²) in [7, 11) is -3.66. The maximum atomic E-state index is 12.8. The summed E-state index contributed by atoms with van der Waals surface area (Å²) < 4.78 is 42.1. The molecule has 3 aromatic rings. The second-order valence-electron chi connectivity index (χ2n) is 9.49. The zero-order valence-electron chi connectivity index (χ0n) is 21.0. The molecule has 1 fully saturated rings. The largest absolute Gasteiger partial charge is 0.382 e. The molecule has 198 valence electrons. The molecule has 0 spiro atoms. The number of amides is 1. The van der Waals surface area contributed by atoms with Gasteiger partial charge < -0.3 is 18.6 Å². The van der Waals surface area contributed by atoms with E-state index in [1.807, 2.05) is 36.3 Å². The minimum absolute atomic E-state index is 0.0866. The molecule has 4 heterocycles. The number of fused-ring (bicyclic) bond motifs is 1. The van der Waals surface area contributed by atoms with Crippen molar-refractivity contribution in [1.29, 1.82) is 0 Å². The van der Waals surface area contributed by atoms with Gasteiger partial charge in [-0.2, -0.15) is 13.5 Å². The summed E-state index contributed by atoms with van der Waals surface area (Å²) in [5, 5.41) is 7.36. The summed E-state index contributed by atoms with van der Waals surface area (Å²) in [6.45, 7) is 5.93. The average Bonchev–Trinajstić information content (AvgIpc) is 3.38. The number of nitrogens with zero attached hydrogens (tertiary/aromatic N) is 4. The van der Waals surface area contributed by atoms with E-state index in [0.29, 0.717) is 24.3 Å². The van der Waals surface area contributed by atoms with Crippen LogP contribution in [0.3, 0.4) is 0 Å². The number of likely N-dealkylation sites (tertiary alicyclic amines) is 1. The van der Waals surface area contributed by atoms with Crippen molar-refractivity contribution in [3.05, 3.63) is 62.9 Å². The summed E-state index contributed by atoms with van der Waals surface area (Å²) in [5.41, 5.74) is 4.07. The van der Waals surface area contributed by atoms with Gasteiger partial charge in [0.05, 0.1) is 30.2 Å². The van der Waals surface area contributed by atoms with E-state index in [4.69, 9.17) is 18.6 Å². The molecule has 5 rings (SSSR count). The molecule has 2 aliphatic heterocycles. The molecule has 1 unspecified atom stereocenters. The molecule has 1 amide bonds. The second-order valence-corrected chi connectivity index (χ2v) is 12.0. The van der Waals surface area contributed by atoms with Crippen LogP contribution in [-0.2, 0) is 44.1 Å². The van der Waals surface area contributed by atoms with Crippen LogP contribution < -0.4 is 4.18 Å². The lowest BCUT2D eigenvalue weighted by Gasteiger charge is -2.31. The monoisotopic (exact) mass is 546 g/mol. The molecular formula is C25H30N4O6S2. The molecule has 1 atom stereocenters. The number of aromatic nitrogens is 3. The first kappa shape index (κ1) is 25.8. The fourth-order valence-electron chi connectivity index (χ4n) is 4.73. The Balaban J connectivity index is 1.18. The lowest BCUT2D eigenvalue weighted by atomic mass is 9.97. The fourth-order valence-corrected chi connectivity index (χ4v) is 6.20. The molecule has 0 radical (unpaired) electrons. The van der Waals surface area contributed by atoms with E-state index in [-0.39, 0.29) is 37.3 Å². The highest BCUT2D eigenvalue weighted by molar-refractivity contribution is 7.86. The van der Waals surface area contributed by atoms with Crippen molar-refractivity contribution >= 4 is 27.4 Å². The minimum Gasteiger partial charge on any atom is -0.382 e. The van der Waals surface area contributed by atoms with Crippen LogP contribution in [0.4, 0.5) is 0 Å². The van der Waals surface area contributed by atoms with Gasteiger partial charge in [0.15, 0.2) is 0 Å². The van der Waals surface area contributed by atoms with E-state index in [2.05, 4.69) is 5.10 Å². The van der Waals surface area contributed by atoms with Crippen LogP contribution in [0.2, 0.25) is 0 Å². The minimum atomic E-state index is -3.66. The third kappa shape index (κ3) is 6.03. The molecule has 0 bridgehead atoms.